The number of anilines is 2. The average Bonchev–Trinajstić information content (AvgIpc) is 3.32. The third-order valence-electron chi connectivity index (χ3n) is 12.7. The fourth-order valence-corrected chi connectivity index (χ4v) is 10.1. The minimum atomic E-state index is -5.95. The van der Waals surface area contributed by atoms with E-state index in [1.165, 1.54) is 38.5 Å². The molecular formula is C36H52F6N2O2. The van der Waals surface area contributed by atoms with Crippen molar-refractivity contribution >= 4 is 11.4 Å². The van der Waals surface area contributed by atoms with E-state index in [-0.39, 0.29) is 17.5 Å². The van der Waals surface area contributed by atoms with E-state index in [4.69, 9.17) is 16.4 Å². The summed E-state index contributed by atoms with van der Waals surface area (Å²) in [5, 5.41) is 0. The Morgan fingerprint density at radius 3 is 2.30 bits per heavy atom. The Hall–Kier alpha value is -1.94. The molecule has 0 bridgehead atoms. The Kier molecular flexibility index (Phi) is 9.61. The fraction of sp³-hybridized carbons (Fsp3) is 0.778. The molecule has 0 saturated heterocycles. The van der Waals surface area contributed by atoms with Gasteiger partial charge in [-0.15, -0.1) is 0 Å². The molecule has 3 saturated carbocycles. The van der Waals surface area contributed by atoms with E-state index >= 15 is 0 Å². The largest absolute Gasteiger partial charge is 0.451 e. The zero-order valence-electron chi connectivity index (χ0n) is 27.9. The van der Waals surface area contributed by atoms with E-state index in [9.17, 15) is 26.3 Å². The lowest BCUT2D eigenvalue weighted by Gasteiger charge is -2.58. The van der Waals surface area contributed by atoms with Gasteiger partial charge in [0, 0.05) is 11.4 Å². The van der Waals surface area contributed by atoms with Gasteiger partial charge in [-0.3, -0.25) is 0 Å². The van der Waals surface area contributed by atoms with E-state index in [0.29, 0.717) is 48.0 Å². The Bertz CT molecular complexity index is 1290. The predicted molar refractivity (Wildman–Crippen MR) is 168 cm³/mol. The zero-order chi connectivity index (χ0) is 33.9. The summed E-state index contributed by atoms with van der Waals surface area (Å²) < 4.78 is 88.4. The van der Waals surface area contributed by atoms with Crippen LogP contribution in [0.25, 0.3) is 0 Å². The van der Waals surface area contributed by atoms with Crippen molar-refractivity contribution in [2.24, 2.45) is 46.3 Å². The molecule has 3 fully saturated rings. The summed E-state index contributed by atoms with van der Waals surface area (Å²) in [6, 6.07) is 2.21. The number of hydrogen-bond acceptors (Lipinski definition) is 4. The van der Waals surface area contributed by atoms with Gasteiger partial charge in [0.05, 0.1) is 11.7 Å². The molecule has 10 heteroatoms. The first kappa shape index (κ1) is 35.4. The number of fused-ring (bicyclic) bond motifs is 5. The number of nitrogen functional groups attached to an aromatic ring is 2. The molecule has 4 N–H and O–H groups in total. The second-order valence-electron chi connectivity index (χ2n) is 15.8. The first-order chi connectivity index (χ1) is 21.3. The minimum Gasteiger partial charge on any atom is -0.399 e. The predicted octanol–water partition coefficient (Wildman–Crippen LogP) is 10.5. The number of alkyl halides is 6. The van der Waals surface area contributed by atoms with Gasteiger partial charge in [-0.2, -0.15) is 31.2 Å². The first-order valence-corrected chi connectivity index (χ1v) is 17.2. The number of rotatable bonds is 11. The van der Waals surface area contributed by atoms with Crippen molar-refractivity contribution < 1.29 is 36.1 Å². The van der Waals surface area contributed by atoms with Gasteiger partial charge >= 0.3 is 18.0 Å². The number of halogens is 6. The van der Waals surface area contributed by atoms with Crippen LogP contribution in [0.3, 0.4) is 0 Å². The van der Waals surface area contributed by atoms with Crippen molar-refractivity contribution in [1.29, 1.82) is 0 Å². The number of nitrogens with two attached hydrogens (primary N) is 2. The van der Waals surface area contributed by atoms with Crippen molar-refractivity contribution in [2.75, 3.05) is 11.5 Å². The highest BCUT2D eigenvalue weighted by atomic mass is 19.3. The molecule has 4 aliphatic carbocycles. The third-order valence-corrected chi connectivity index (χ3v) is 12.7. The highest BCUT2D eigenvalue weighted by Gasteiger charge is 2.75. The molecule has 0 aliphatic heterocycles. The second-order valence-corrected chi connectivity index (χ2v) is 15.8. The van der Waals surface area contributed by atoms with Gasteiger partial charge in [0.2, 0.25) is 0 Å². The van der Waals surface area contributed by atoms with Gasteiger partial charge in [-0.05, 0) is 116 Å². The summed E-state index contributed by atoms with van der Waals surface area (Å²) in [4.78, 5) is 8.78. The fourth-order valence-electron chi connectivity index (χ4n) is 10.1. The summed E-state index contributed by atoms with van der Waals surface area (Å²) >= 11 is 0. The smallest absolute Gasteiger partial charge is 0.399 e. The number of allylic oxidation sites excluding steroid dienone is 1. The Labute approximate surface area is 269 Å². The lowest BCUT2D eigenvalue weighted by molar-refractivity contribution is -0.517. The third kappa shape index (κ3) is 5.96. The maximum Gasteiger partial charge on any atom is 0.451 e. The minimum absolute atomic E-state index is 0.0730. The molecule has 0 radical (unpaired) electrons. The SMILES string of the molecule is CC(C)CCC[C@@H](C)[C@H]1CC[C@H]2[C@@H]3CC=C4C[C@@H](OOC(F)(F)C(F)(F)C(F)(F)c5ccc(N)cc5N)CC[C@]4(C)[C@H]3CC[C@]12C. The lowest BCUT2D eigenvalue weighted by atomic mass is 9.47. The van der Waals surface area contributed by atoms with Crippen molar-refractivity contribution in [2.45, 2.75) is 129 Å². The van der Waals surface area contributed by atoms with Gasteiger partial charge in [0.15, 0.2) is 0 Å². The van der Waals surface area contributed by atoms with Crippen molar-refractivity contribution in [1.82, 2.24) is 0 Å². The first-order valence-electron chi connectivity index (χ1n) is 17.2. The molecule has 1 aromatic carbocycles. The summed E-state index contributed by atoms with van der Waals surface area (Å²) in [7, 11) is 0. The van der Waals surface area contributed by atoms with E-state index in [0.717, 1.165) is 42.4 Å². The van der Waals surface area contributed by atoms with Gasteiger partial charge in [0.1, 0.15) is 0 Å². The molecule has 4 aliphatic rings. The van der Waals surface area contributed by atoms with Crippen LogP contribution in [0.5, 0.6) is 0 Å². The second kappa shape index (κ2) is 12.5. The average molecular weight is 659 g/mol. The molecular weight excluding hydrogens is 606 g/mol. The van der Waals surface area contributed by atoms with Crippen molar-refractivity contribution in [3.05, 3.63) is 35.4 Å². The van der Waals surface area contributed by atoms with Gasteiger partial charge < -0.3 is 11.5 Å². The maximum absolute atomic E-state index is 14.8. The molecule has 0 aromatic heterocycles. The van der Waals surface area contributed by atoms with Crippen LogP contribution in [0.15, 0.2) is 29.8 Å². The normalized spacial score (nSPS) is 34.1. The van der Waals surface area contributed by atoms with Crippen LogP contribution in [0, 0.1) is 46.3 Å². The highest BCUT2D eigenvalue weighted by molar-refractivity contribution is 5.58. The maximum atomic E-state index is 14.8. The summed E-state index contributed by atoms with van der Waals surface area (Å²) in [6.45, 7) is 11.8. The topological polar surface area (TPSA) is 70.5 Å². The summed E-state index contributed by atoms with van der Waals surface area (Å²) in [5.41, 5.74) is 9.75. The molecule has 46 heavy (non-hydrogen) atoms. The van der Waals surface area contributed by atoms with Crippen LogP contribution in [-0.4, -0.2) is 18.1 Å². The Morgan fingerprint density at radius 2 is 1.63 bits per heavy atom. The molecule has 0 spiro atoms. The van der Waals surface area contributed by atoms with Crippen molar-refractivity contribution in [3.63, 3.8) is 0 Å². The summed E-state index contributed by atoms with van der Waals surface area (Å²) in [5.74, 6) is -7.49. The van der Waals surface area contributed by atoms with Crippen LogP contribution >= 0.6 is 0 Å². The van der Waals surface area contributed by atoms with E-state index in [1.54, 1.807) is 0 Å². The van der Waals surface area contributed by atoms with Crippen LogP contribution in [0.4, 0.5) is 37.7 Å². The van der Waals surface area contributed by atoms with Gasteiger partial charge in [-0.25, -0.2) is 4.89 Å². The van der Waals surface area contributed by atoms with E-state index in [2.05, 4.69) is 45.6 Å². The summed E-state index contributed by atoms with van der Waals surface area (Å²) in [6.07, 6.45) is 6.34. The molecule has 0 unspecified atom stereocenters. The molecule has 0 amide bonds. The van der Waals surface area contributed by atoms with Crippen molar-refractivity contribution in [3.8, 4) is 0 Å². The quantitative estimate of drug-likeness (QED) is 0.0816. The molecule has 1 aromatic rings. The lowest BCUT2D eigenvalue weighted by Crippen LogP contribution is -2.54. The van der Waals surface area contributed by atoms with Crippen LogP contribution in [-0.2, 0) is 15.7 Å². The Balaban J connectivity index is 1.23. The van der Waals surface area contributed by atoms with E-state index < -0.39 is 35.3 Å². The Morgan fingerprint density at radius 1 is 0.913 bits per heavy atom. The number of benzene rings is 1. The molecule has 260 valence electrons. The highest BCUT2D eigenvalue weighted by Crippen LogP contribution is 2.67. The zero-order valence-corrected chi connectivity index (χ0v) is 27.9. The van der Waals surface area contributed by atoms with Gasteiger partial charge in [-0.1, -0.05) is 65.5 Å². The van der Waals surface area contributed by atoms with E-state index in [1.807, 2.05) is 0 Å². The molecule has 0 heterocycles. The van der Waals surface area contributed by atoms with Crippen LogP contribution in [0.2, 0.25) is 0 Å². The molecule has 4 nitrogen and oxygen atoms in total. The van der Waals surface area contributed by atoms with Crippen LogP contribution in [0.1, 0.15) is 111 Å². The monoisotopic (exact) mass is 658 g/mol. The number of hydrogen-bond donors (Lipinski definition) is 2. The van der Waals surface area contributed by atoms with Crippen LogP contribution < -0.4 is 11.5 Å². The van der Waals surface area contributed by atoms with Gasteiger partial charge in [0.25, 0.3) is 0 Å². The molecule has 8 atom stereocenters. The standard InChI is InChI=1S/C36H52F6N2O2/c1-21(2)7-6-8-22(3)27-13-14-28-26-11-9-23-19-25(15-17-32(23,4)29(26)16-18-33(27,28)5)45-46-36(41,42)35(39,40)34(37,38)30-12-10-24(43)20-31(30)44/h9-10,12,20-22,25-29H,6-8,11,13-19,43-44H2,1-5H3/t22-,25+,26+,27-,28+,29+,32+,33-/m1/s1. The molecule has 5 rings (SSSR count).